The van der Waals surface area contributed by atoms with E-state index < -0.39 is 6.10 Å². The first-order chi connectivity index (χ1) is 36.5. The SMILES string of the molecule is CC/C=C\C/C=C\C/C=C\C/C=C\C/C=C\C/C=C\CCCCCCC(=O)OCC(COC(=O)CCCCCCCCCCCCCCCCCC)OC(=O)CCCCCCCCCCCCCCCCCCC. The van der Waals surface area contributed by atoms with E-state index in [4.69, 9.17) is 14.2 Å². The molecule has 0 N–H and O–H groups in total. The molecule has 0 spiro atoms. The van der Waals surface area contributed by atoms with Crippen LogP contribution in [0.2, 0.25) is 0 Å². The summed E-state index contributed by atoms with van der Waals surface area (Å²) in [6.45, 7) is 6.55. The Balaban J connectivity index is 4.39. The van der Waals surface area contributed by atoms with Crippen LogP contribution >= 0.6 is 0 Å². The third kappa shape index (κ3) is 59.7. The number of unbranched alkanes of at least 4 members (excludes halogenated alkanes) is 35. The molecule has 1 unspecified atom stereocenters. The van der Waals surface area contributed by atoms with Gasteiger partial charge in [0.2, 0.25) is 0 Å². The quantitative estimate of drug-likeness (QED) is 0.0261. The van der Waals surface area contributed by atoms with Gasteiger partial charge in [-0.3, -0.25) is 14.4 Å². The largest absolute Gasteiger partial charge is 0.462 e. The van der Waals surface area contributed by atoms with Gasteiger partial charge >= 0.3 is 17.9 Å². The minimum atomic E-state index is -0.784. The zero-order valence-electron chi connectivity index (χ0n) is 49.1. The molecule has 0 aromatic carbocycles. The molecular formula is C68H120O6. The summed E-state index contributed by atoms with van der Waals surface area (Å²) in [7, 11) is 0. The average Bonchev–Trinajstić information content (AvgIpc) is 3.40. The zero-order chi connectivity index (χ0) is 53.6. The molecule has 0 aromatic heterocycles. The van der Waals surface area contributed by atoms with Gasteiger partial charge in [-0.1, -0.05) is 306 Å². The molecule has 0 bridgehead atoms. The van der Waals surface area contributed by atoms with Gasteiger partial charge in [-0.2, -0.15) is 0 Å². The van der Waals surface area contributed by atoms with Crippen molar-refractivity contribution in [2.75, 3.05) is 13.2 Å². The molecule has 0 saturated carbocycles. The number of ether oxygens (including phenoxy) is 3. The first-order valence-electron chi connectivity index (χ1n) is 31.9. The molecule has 0 aliphatic heterocycles. The monoisotopic (exact) mass is 1030 g/mol. The lowest BCUT2D eigenvalue weighted by atomic mass is 10.0. The van der Waals surface area contributed by atoms with Crippen LogP contribution < -0.4 is 0 Å². The molecule has 428 valence electrons. The highest BCUT2D eigenvalue weighted by Crippen LogP contribution is 2.17. The molecule has 74 heavy (non-hydrogen) atoms. The number of hydrogen-bond donors (Lipinski definition) is 0. The van der Waals surface area contributed by atoms with Gasteiger partial charge in [0.15, 0.2) is 6.10 Å². The first-order valence-corrected chi connectivity index (χ1v) is 31.9. The number of allylic oxidation sites excluding steroid dienone is 12. The second kappa shape index (κ2) is 62.4. The summed E-state index contributed by atoms with van der Waals surface area (Å²) < 4.78 is 16.9. The van der Waals surface area contributed by atoms with Gasteiger partial charge in [0, 0.05) is 19.3 Å². The van der Waals surface area contributed by atoms with E-state index in [1.165, 1.54) is 173 Å². The van der Waals surface area contributed by atoms with Crippen molar-refractivity contribution in [3.8, 4) is 0 Å². The van der Waals surface area contributed by atoms with E-state index in [-0.39, 0.29) is 31.1 Å². The Morgan fingerprint density at radius 2 is 0.527 bits per heavy atom. The smallest absolute Gasteiger partial charge is 0.306 e. The van der Waals surface area contributed by atoms with Crippen LogP contribution in [0, 0.1) is 0 Å². The summed E-state index contributed by atoms with van der Waals surface area (Å²) in [5.74, 6) is -0.886. The molecule has 0 saturated heterocycles. The van der Waals surface area contributed by atoms with Crippen molar-refractivity contribution < 1.29 is 28.6 Å². The third-order valence-corrected chi connectivity index (χ3v) is 14.0. The molecular weight excluding hydrogens is 913 g/mol. The molecule has 0 heterocycles. The van der Waals surface area contributed by atoms with Crippen molar-refractivity contribution in [3.05, 3.63) is 72.9 Å². The van der Waals surface area contributed by atoms with Crippen LogP contribution in [0.15, 0.2) is 72.9 Å². The normalized spacial score (nSPS) is 12.5. The minimum absolute atomic E-state index is 0.0790. The summed E-state index contributed by atoms with van der Waals surface area (Å²) in [6, 6.07) is 0. The molecule has 0 radical (unpaired) electrons. The number of rotatable bonds is 58. The van der Waals surface area contributed by atoms with Gasteiger partial charge < -0.3 is 14.2 Å². The highest BCUT2D eigenvalue weighted by molar-refractivity contribution is 5.71. The predicted molar refractivity (Wildman–Crippen MR) is 321 cm³/mol. The van der Waals surface area contributed by atoms with Gasteiger partial charge in [-0.15, -0.1) is 0 Å². The first kappa shape index (κ1) is 70.8. The number of carbonyl (C=O) groups is 3. The molecule has 0 aliphatic rings. The maximum absolute atomic E-state index is 12.9. The summed E-state index contributed by atoms with van der Waals surface area (Å²) in [6.07, 6.45) is 80.4. The van der Waals surface area contributed by atoms with E-state index >= 15 is 0 Å². The van der Waals surface area contributed by atoms with Crippen molar-refractivity contribution in [3.63, 3.8) is 0 Å². The fraction of sp³-hybridized carbons (Fsp3) is 0.779. The lowest BCUT2D eigenvalue weighted by molar-refractivity contribution is -0.167. The third-order valence-electron chi connectivity index (χ3n) is 14.0. The number of esters is 3. The van der Waals surface area contributed by atoms with Crippen LogP contribution in [0.4, 0.5) is 0 Å². The van der Waals surface area contributed by atoms with Crippen molar-refractivity contribution in [2.24, 2.45) is 0 Å². The summed E-state index contributed by atoms with van der Waals surface area (Å²) in [5.41, 5.74) is 0. The molecule has 0 rings (SSSR count). The molecule has 6 heteroatoms. The van der Waals surface area contributed by atoms with Gasteiger partial charge in [0.25, 0.3) is 0 Å². The Bertz CT molecular complexity index is 1370. The number of carbonyl (C=O) groups excluding carboxylic acids is 3. The van der Waals surface area contributed by atoms with Crippen LogP contribution in [0.25, 0.3) is 0 Å². The van der Waals surface area contributed by atoms with Crippen molar-refractivity contribution >= 4 is 17.9 Å². The van der Waals surface area contributed by atoms with E-state index in [1.54, 1.807) is 0 Å². The summed E-state index contributed by atoms with van der Waals surface area (Å²) >= 11 is 0. The van der Waals surface area contributed by atoms with Crippen LogP contribution in [0.1, 0.15) is 323 Å². The van der Waals surface area contributed by atoms with E-state index in [9.17, 15) is 14.4 Å². The molecule has 0 amide bonds. The summed E-state index contributed by atoms with van der Waals surface area (Å²) in [5, 5.41) is 0. The maximum Gasteiger partial charge on any atom is 0.306 e. The van der Waals surface area contributed by atoms with E-state index in [1.807, 2.05) is 0 Å². The topological polar surface area (TPSA) is 78.9 Å². The average molecular weight is 1030 g/mol. The predicted octanol–water partition coefficient (Wildman–Crippen LogP) is 21.7. The summed E-state index contributed by atoms with van der Waals surface area (Å²) in [4.78, 5) is 38.3. The van der Waals surface area contributed by atoms with Crippen LogP contribution in [0.3, 0.4) is 0 Å². The van der Waals surface area contributed by atoms with Crippen LogP contribution in [-0.4, -0.2) is 37.2 Å². The Hall–Kier alpha value is -3.15. The second-order valence-electron chi connectivity index (χ2n) is 21.3. The zero-order valence-corrected chi connectivity index (χ0v) is 49.1. The Labute approximate surface area is 459 Å². The standard InChI is InChI=1S/C68H120O6/c1-4-7-10-13-16-19-22-25-28-31-32-33-34-35-36-38-40-43-46-49-52-55-58-61-67(70)73-64-65(63-72-66(69)60-57-54-51-48-45-42-39-30-27-24-21-18-15-12-9-6-3)74-68(71)62-59-56-53-50-47-44-41-37-29-26-23-20-17-14-11-8-5-2/h7,10,16,19,25,28,32-33,35-36,40,43,65H,4-6,8-9,11-15,17-18,20-24,26-27,29-31,34,37-39,41-42,44-64H2,1-3H3/b10-7-,19-16-,28-25-,33-32-,36-35-,43-40-. The highest BCUT2D eigenvalue weighted by Gasteiger charge is 2.19. The van der Waals surface area contributed by atoms with Gasteiger partial charge in [0.05, 0.1) is 0 Å². The second-order valence-corrected chi connectivity index (χ2v) is 21.3. The van der Waals surface area contributed by atoms with E-state index in [0.29, 0.717) is 19.3 Å². The Kier molecular flexibility index (Phi) is 59.7. The molecule has 0 aliphatic carbocycles. The molecule has 0 fully saturated rings. The Morgan fingerprint density at radius 3 is 0.824 bits per heavy atom. The van der Waals surface area contributed by atoms with Crippen molar-refractivity contribution in [2.45, 2.75) is 329 Å². The maximum atomic E-state index is 12.9. The fourth-order valence-electron chi connectivity index (χ4n) is 9.21. The molecule has 6 nitrogen and oxygen atoms in total. The van der Waals surface area contributed by atoms with E-state index in [0.717, 1.165) is 109 Å². The minimum Gasteiger partial charge on any atom is -0.462 e. The van der Waals surface area contributed by atoms with Crippen molar-refractivity contribution in [1.29, 1.82) is 0 Å². The Morgan fingerprint density at radius 1 is 0.284 bits per heavy atom. The number of hydrogen-bond acceptors (Lipinski definition) is 6. The fourth-order valence-corrected chi connectivity index (χ4v) is 9.21. The van der Waals surface area contributed by atoms with Crippen LogP contribution in [-0.2, 0) is 28.6 Å². The lowest BCUT2D eigenvalue weighted by Gasteiger charge is -2.18. The lowest BCUT2D eigenvalue weighted by Crippen LogP contribution is -2.30. The molecule has 0 aromatic rings. The van der Waals surface area contributed by atoms with Gasteiger partial charge in [-0.05, 0) is 70.6 Å². The van der Waals surface area contributed by atoms with Crippen molar-refractivity contribution in [1.82, 2.24) is 0 Å². The van der Waals surface area contributed by atoms with E-state index in [2.05, 4.69) is 93.7 Å². The van der Waals surface area contributed by atoms with Crippen LogP contribution in [0.5, 0.6) is 0 Å². The van der Waals surface area contributed by atoms with Gasteiger partial charge in [-0.25, -0.2) is 0 Å². The molecule has 1 atom stereocenters. The van der Waals surface area contributed by atoms with Gasteiger partial charge in [0.1, 0.15) is 13.2 Å². The highest BCUT2D eigenvalue weighted by atomic mass is 16.6.